The molecule has 1 atom stereocenters. The van der Waals surface area contributed by atoms with Crippen LogP contribution in [0.4, 0.5) is 5.13 Å². The van der Waals surface area contributed by atoms with Crippen molar-refractivity contribution in [3.8, 4) is 11.5 Å². The molecule has 1 saturated heterocycles. The van der Waals surface area contributed by atoms with Crippen LogP contribution in [0.15, 0.2) is 66.2 Å². The van der Waals surface area contributed by atoms with Gasteiger partial charge in [-0.2, -0.15) is 0 Å². The first-order chi connectivity index (χ1) is 17.9. The molecule has 0 aliphatic carbocycles. The lowest BCUT2D eigenvalue weighted by Gasteiger charge is -2.23. The van der Waals surface area contributed by atoms with Crippen LogP contribution in [0, 0.1) is 0 Å². The molecule has 1 aliphatic rings. The highest BCUT2D eigenvalue weighted by molar-refractivity contribution is 7.22. The van der Waals surface area contributed by atoms with E-state index in [1.54, 1.807) is 42.5 Å². The summed E-state index contributed by atoms with van der Waals surface area (Å²) < 4.78 is 11.7. The normalized spacial score (nSPS) is 17.0. The number of aliphatic hydroxyl groups excluding tert-OH is 1. The fourth-order valence-corrected chi connectivity index (χ4v) is 5.59. The van der Waals surface area contributed by atoms with Crippen molar-refractivity contribution >= 4 is 55.7 Å². The Balaban J connectivity index is 1.73. The molecule has 1 fully saturated rings. The lowest BCUT2D eigenvalue weighted by atomic mass is 9.95. The number of aryl methyl sites for hydroxylation is 1. The Morgan fingerprint density at radius 2 is 1.76 bits per heavy atom. The van der Waals surface area contributed by atoms with Gasteiger partial charge in [0.1, 0.15) is 5.76 Å². The number of aromatic nitrogens is 1. The van der Waals surface area contributed by atoms with E-state index in [4.69, 9.17) is 21.1 Å². The number of fused-ring (bicyclic) bond motifs is 1. The van der Waals surface area contributed by atoms with Crippen LogP contribution in [0.1, 0.15) is 29.7 Å². The van der Waals surface area contributed by atoms with Gasteiger partial charge in [-0.25, -0.2) is 4.98 Å². The lowest BCUT2D eigenvalue weighted by molar-refractivity contribution is -0.132. The summed E-state index contributed by atoms with van der Waals surface area (Å²) in [5.74, 6) is -0.959. The van der Waals surface area contributed by atoms with Crippen LogP contribution in [0.5, 0.6) is 11.5 Å². The maximum Gasteiger partial charge on any atom is 0.301 e. The number of aliphatic hydroxyl groups is 1. The van der Waals surface area contributed by atoms with Crippen LogP contribution in [0.25, 0.3) is 16.0 Å². The smallest absolute Gasteiger partial charge is 0.301 e. The van der Waals surface area contributed by atoms with Crippen molar-refractivity contribution < 1.29 is 24.2 Å². The van der Waals surface area contributed by atoms with Crippen molar-refractivity contribution in [3.05, 3.63) is 87.9 Å². The van der Waals surface area contributed by atoms with Crippen LogP contribution in [-0.2, 0) is 16.0 Å². The number of halogens is 1. The molecule has 0 spiro atoms. The largest absolute Gasteiger partial charge is 0.507 e. The fourth-order valence-electron chi connectivity index (χ4n) is 4.41. The summed E-state index contributed by atoms with van der Waals surface area (Å²) in [5.41, 5.74) is 2.74. The third kappa shape index (κ3) is 4.32. The van der Waals surface area contributed by atoms with Crippen molar-refractivity contribution in [1.29, 1.82) is 0 Å². The Kier molecular flexibility index (Phi) is 6.62. The number of Topliss-reactive ketones (excluding diaryl/α,β-unsaturated/α-hetero) is 1. The Bertz CT molecular complexity index is 1560. The van der Waals surface area contributed by atoms with E-state index < -0.39 is 17.7 Å². The van der Waals surface area contributed by atoms with E-state index in [0.29, 0.717) is 32.8 Å². The Labute approximate surface area is 222 Å². The van der Waals surface area contributed by atoms with Gasteiger partial charge in [0.25, 0.3) is 5.78 Å². The van der Waals surface area contributed by atoms with Crippen LogP contribution in [0.3, 0.4) is 0 Å². The molecule has 3 aromatic carbocycles. The second-order valence-electron chi connectivity index (χ2n) is 8.44. The van der Waals surface area contributed by atoms with Gasteiger partial charge < -0.3 is 14.6 Å². The molecule has 9 heteroatoms. The molecule has 0 unspecified atom stereocenters. The van der Waals surface area contributed by atoms with Gasteiger partial charge in [-0.15, -0.1) is 0 Å². The molecule has 1 N–H and O–H groups in total. The summed E-state index contributed by atoms with van der Waals surface area (Å²) in [6.45, 7) is 2.06. The number of ether oxygens (including phenoxy) is 2. The van der Waals surface area contributed by atoms with Crippen molar-refractivity contribution in [2.45, 2.75) is 19.4 Å². The van der Waals surface area contributed by atoms with Crippen LogP contribution < -0.4 is 14.4 Å². The number of hydrogen-bond donors (Lipinski definition) is 1. The highest BCUT2D eigenvalue weighted by Gasteiger charge is 2.48. The van der Waals surface area contributed by atoms with Gasteiger partial charge in [-0.3, -0.25) is 14.5 Å². The second kappa shape index (κ2) is 9.88. The molecule has 188 valence electrons. The van der Waals surface area contributed by atoms with Gasteiger partial charge in [0.15, 0.2) is 16.6 Å². The van der Waals surface area contributed by atoms with E-state index in [0.717, 1.165) is 22.2 Å². The molecule has 7 nitrogen and oxygen atoms in total. The molecule has 4 aromatic rings. The van der Waals surface area contributed by atoms with Gasteiger partial charge in [-0.05, 0) is 66.1 Å². The molecular weight excluding hydrogens is 512 g/mol. The average molecular weight is 535 g/mol. The van der Waals surface area contributed by atoms with Crippen LogP contribution in [0.2, 0.25) is 5.02 Å². The maximum atomic E-state index is 13.5. The monoisotopic (exact) mass is 534 g/mol. The lowest BCUT2D eigenvalue weighted by Crippen LogP contribution is -2.29. The van der Waals surface area contributed by atoms with Crippen LogP contribution in [-0.4, -0.2) is 36.0 Å². The summed E-state index contributed by atoms with van der Waals surface area (Å²) in [6, 6.07) is 16.5. The number of ketones is 1. The Morgan fingerprint density at radius 3 is 2.43 bits per heavy atom. The quantitative estimate of drug-likeness (QED) is 0.181. The number of benzene rings is 3. The highest BCUT2D eigenvalue weighted by atomic mass is 35.5. The van der Waals surface area contributed by atoms with E-state index in [1.807, 2.05) is 18.2 Å². The number of nitrogens with zero attached hydrogens (tertiary/aromatic N) is 2. The Hall–Kier alpha value is -3.88. The summed E-state index contributed by atoms with van der Waals surface area (Å²) in [6.07, 6.45) is 0.862. The van der Waals surface area contributed by atoms with Gasteiger partial charge in [0.2, 0.25) is 0 Å². The fraction of sp³-hybridized carbons (Fsp3) is 0.179. The first-order valence-electron chi connectivity index (χ1n) is 11.5. The van der Waals surface area contributed by atoms with E-state index >= 15 is 0 Å². The summed E-state index contributed by atoms with van der Waals surface area (Å²) in [4.78, 5) is 32.9. The van der Waals surface area contributed by atoms with Gasteiger partial charge in [0, 0.05) is 10.6 Å². The molecule has 1 aliphatic heterocycles. The van der Waals surface area contributed by atoms with Gasteiger partial charge in [-0.1, -0.05) is 42.0 Å². The minimum absolute atomic E-state index is 0.0481. The molecule has 0 bridgehead atoms. The maximum absolute atomic E-state index is 13.5. The molecule has 1 aromatic heterocycles. The third-order valence-corrected chi connectivity index (χ3v) is 7.61. The number of rotatable bonds is 6. The molecular formula is C28H23ClN2O5S. The number of methoxy groups -OCH3 is 2. The standard InChI is InChI=1S/C28H23ClN2O5S/c1-4-15-5-11-19-22(13-15)37-28(30-19)31-24(17-8-12-20(35-2)21(14-17)36-3)23(26(33)27(31)34)25(32)16-6-9-18(29)10-7-16/h5-14,24,32H,4H2,1-3H3/t24-/m0/s1. The number of carbonyl (C=O) groups is 2. The van der Waals surface area contributed by atoms with Crippen molar-refractivity contribution in [1.82, 2.24) is 4.98 Å². The second-order valence-corrected chi connectivity index (χ2v) is 9.89. The van der Waals surface area contributed by atoms with E-state index in [9.17, 15) is 14.7 Å². The first kappa shape index (κ1) is 24.8. The topological polar surface area (TPSA) is 89.0 Å². The highest BCUT2D eigenvalue weighted by Crippen LogP contribution is 2.46. The number of thiazole rings is 1. The minimum atomic E-state index is -0.943. The summed E-state index contributed by atoms with van der Waals surface area (Å²) >= 11 is 7.34. The third-order valence-electron chi connectivity index (χ3n) is 6.34. The number of hydrogen-bond acceptors (Lipinski definition) is 7. The van der Waals surface area contributed by atoms with E-state index in [2.05, 4.69) is 11.9 Å². The average Bonchev–Trinajstić information content (AvgIpc) is 3.45. The molecule has 0 radical (unpaired) electrons. The number of amides is 1. The van der Waals surface area contributed by atoms with E-state index in [-0.39, 0.29) is 11.3 Å². The molecule has 2 heterocycles. The number of anilines is 1. The van der Waals surface area contributed by atoms with Crippen molar-refractivity contribution in [2.75, 3.05) is 19.1 Å². The van der Waals surface area contributed by atoms with Gasteiger partial charge in [0.05, 0.1) is 36.1 Å². The SMILES string of the molecule is CCc1ccc2nc(N3C(=O)C(=O)C(=C(O)c4ccc(Cl)cc4)[C@@H]3c3ccc(OC)c(OC)c3)sc2c1. The number of carbonyl (C=O) groups excluding carboxylic acids is 2. The first-order valence-corrected chi connectivity index (χ1v) is 12.7. The van der Waals surface area contributed by atoms with E-state index in [1.165, 1.54) is 30.5 Å². The molecule has 37 heavy (non-hydrogen) atoms. The van der Waals surface area contributed by atoms with Crippen molar-refractivity contribution in [2.24, 2.45) is 0 Å². The summed E-state index contributed by atoms with van der Waals surface area (Å²) in [5, 5.41) is 12.1. The zero-order valence-electron chi connectivity index (χ0n) is 20.3. The van der Waals surface area contributed by atoms with Gasteiger partial charge >= 0.3 is 5.91 Å². The van der Waals surface area contributed by atoms with Crippen LogP contribution >= 0.6 is 22.9 Å². The predicted molar refractivity (Wildman–Crippen MR) is 145 cm³/mol. The zero-order chi connectivity index (χ0) is 26.3. The van der Waals surface area contributed by atoms with Crippen molar-refractivity contribution in [3.63, 3.8) is 0 Å². The minimum Gasteiger partial charge on any atom is -0.507 e. The molecule has 1 amide bonds. The molecule has 0 saturated carbocycles. The Morgan fingerprint density at radius 1 is 1.03 bits per heavy atom. The molecule has 5 rings (SSSR count). The summed E-state index contributed by atoms with van der Waals surface area (Å²) in [7, 11) is 3.03. The zero-order valence-corrected chi connectivity index (χ0v) is 21.9. The predicted octanol–water partition coefficient (Wildman–Crippen LogP) is 6.16.